The lowest BCUT2D eigenvalue weighted by Gasteiger charge is -2.10. The zero-order chi connectivity index (χ0) is 12.6. The van der Waals surface area contributed by atoms with Crippen molar-refractivity contribution in [2.75, 3.05) is 25.4 Å². The van der Waals surface area contributed by atoms with Crippen molar-refractivity contribution in [1.29, 1.82) is 0 Å². The van der Waals surface area contributed by atoms with Crippen LogP contribution in [0.5, 0.6) is 0 Å². The first kappa shape index (κ1) is 14.9. The van der Waals surface area contributed by atoms with Crippen molar-refractivity contribution >= 4 is 10.0 Å². The highest BCUT2D eigenvalue weighted by atomic mass is 32.2. The van der Waals surface area contributed by atoms with Gasteiger partial charge in [0.1, 0.15) is 0 Å². The fourth-order valence-electron chi connectivity index (χ4n) is 2.35. The Morgan fingerprint density at radius 1 is 1.18 bits per heavy atom. The topological polar surface area (TPSA) is 58.2 Å². The molecule has 0 unspecified atom stereocenters. The van der Waals surface area contributed by atoms with Crippen molar-refractivity contribution in [3.05, 3.63) is 0 Å². The Kier molecular flexibility index (Phi) is 7.08. The van der Waals surface area contributed by atoms with Gasteiger partial charge in [0.25, 0.3) is 0 Å². The first-order chi connectivity index (χ1) is 8.14. The molecule has 102 valence electrons. The molecule has 0 aromatic heterocycles. The molecule has 0 heterocycles. The normalized spacial score (nSPS) is 17.7. The smallest absolute Gasteiger partial charge is 0.211 e. The molecule has 4 nitrogen and oxygen atoms in total. The highest BCUT2D eigenvalue weighted by Crippen LogP contribution is 2.26. The van der Waals surface area contributed by atoms with E-state index in [-0.39, 0.29) is 5.75 Å². The lowest BCUT2D eigenvalue weighted by atomic mass is 10.1. The van der Waals surface area contributed by atoms with Gasteiger partial charge < -0.3 is 5.32 Å². The summed E-state index contributed by atoms with van der Waals surface area (Å²) in [4.78, 5) is 0. The molecule has 0 atom stereocenters. The van der Waals surface area contributed by atoms with Gasteiger partial charge in [-0.25, -0.2) is 13.1 Å². The average molecular weight is 262 g/mol. The Bertz CT molecular complexity index is 285. The minimum absolute atomic E-state index is 0.241. The van der Waals surface area contributed by atoms with Gasteiger partial charge in [-0.1, -0.05) is 32.6 Å². The van der Waals surface area contributed by atoms with Crippen LogP contribution in [0.1, 0.15) is 45.4 Å². The summed E-state index contributed by atoms with van der Waals surface area (Å²) >= 11 is 0. The van der Waals surface area contributed by atoms with E-state index < -0.39 is 10.0 Å². The van der Waals surface area contributed by atoms with Crippen LogP contribution in [0.15, 0.2) is 0 Å². The van der Waals surface area contributed by atoms with Crippen LogP contribution < -0.4 is 10.0 Å². The van der Waals surface area contributed by atoms with E-state index in [0.717, 1.165) is 25.4 Å². The molecule has 0 radical (unpaired) electrons. The van der Waals surface area contributed by atoms with E-state index in [1.165, 1.54) is 25.7 Å². The SMILES string of the molecule is CCNCCCS(=O)(=O)NCCC1CCCC1. The molecule has 0 spiro atoms. The van der Waals surface area contributed by atoms with Crippen LogP contribution in [-0.2, 0) is 10.0 Å². The number of sulfonamides is 1. The molecular weight excluding hydrogens is 236 g/mol. The molecule has 1 rings (SSSR count). The van der Waals surface area contributed by atoms with Crippen molar-refractivity contribution in [3.8, 4) is 0 Å². The van der Waals surface area contributed by atoms with Gasteiger partial charge in [0.05, 0.1) is 5.75 Å². The molecular formula is C12H26N2O2S. The van der Waals surface area contributed by atoms with Gasteiger partial charge in [-0.15, -0.1) is 0 Å². The van der Waals surface area contributed by atoms with Crippen molar-refractivity contribution in [2.24, 2.45) is 5.92 Å². The molecule has 0 saturated heterocycles. The molecule has 17 heavy (non-hydrogen) atoms. The predicted octanol–water partition coefficient (Wildman–Crippen LogP) is 1.49. The van der Waals surface area contributed by atoms with Crippen LogP contribution in [0.2, 0.25) is 0 Å². The Balaban J connectivity index is 2.06. The molecule has 1 aliphatic carbocycles. The van der Waals surface area contributed by atoms with Crippen LogP contribution in [-0.4, -0.2) is 33.8 Å². The monoisotopic (exact) mass is 262 g/mol. The van der Waals surface area contributed by atoms with E-state index in [2.05, 4.69) is 10.0 Å². The largest absolute Gasteiger partial charge is 0.317 e. The summed E-state index contributed by atoms with van der Waals surface area (Å²) in [6, 6.07) is 0. The van der Waals surface area contributed by atoms with E-state index in [9.17, 15) is 8.42 Å². The molecule has 1 fully saturated rings. The number of hydrogen-bond acceptors (Lipinski definition) is 3. The molecule has 0 aromatic rings. The van der Waals surface area contributed by atoms with Crippen molar-refractivity contribution in [1.82, 2.24) is 10.0 Å². The highest BCUT2D eigenvalue weighted by molar-refractivity contribution is 7.89. The summed E-state index contributed by atoms with van der Waals surface area (Å²) in [5.74, 6) is 0.990. The van der Waals surface area contributed by atoms with Gasteiger partial charge in [-0.05, 0) is 31.8 Å². The fraction of sp³-hybridized carbons (Fsp3) is 1.00. The summed E-state index contributed by atoms with van der Waals surface area (Å²) in [5, 5.41) is 3.13. The molecule has 1 saturated carbocycles. The van der Waals surface area contributed by atoms with Gasteiger partial charge in [0, 0.05) is 6.54 Å². The fourth-order valence-corrected chi connectivity index (χ4v) is 3.45. The van der Waals surface area contributed by atoms with Gasteiger partial charge in [-0.3, -0.25) is 0 Å². The molecule has 2 N–H and O–H groups in total. The molecule has 1 aliphatic rings. The molecule has 0 aliphatic heterocycles. The third kappa shape index (κ3) is 7.01. The third-order valence-electron chi connectivity index (χ3n) is 3.37. The van der Waals surface area contributed by atoms with Crippen LogP contribution in [0.3, 0.4) is 0 Å². The summed E-state index contributed by atoms with van der Waals surface area (Å²) in [6.45, 7) is 4.32. The highest BCUT2D eigenvalue weighted by Gasteiger charge is 2.16. The number of rotatable bonds is 9. The summed E-state index contributed by atoms with van der Waals surface area (Å²) in [5.41, 5.74) is 0. The van der Waals surface area contributed by atoms with Gasteiger partial charge in [0.2, 0.25) is 10.0 Å². The van der Waals surface area contributed by atoms with E-state index in [1.807, 2.05) is 6.92 Å². The van der Waals surface area contributed by atoms with Crippen LogP contribution in [0, 0.1) is 5.92 Å². The van der Waals surface area contributed by atoms with E-state index in [1.54, 1.807) is 0 Å². The molecule has 0 aromatic carbocycles. The number of nitrogens with one attached hydrogen (secondary N) is 2. The zero-order valence-corrected chi connectivity index (χ0v) is 11.7. The van der Waals surface area contributed by atoms with Gasteiger partial charge in [-0.2, -0.15) is 0 Å². The summed E-state index contributed by atoms with van der Waals surface area (Å²) in [7, 11) is -3.04. The lowest BCUT2D eigenvalue weighted by molar-refractivity contribution is 0.495. The summed E-state index contributed by atoms with van der Waals surface area (Å²) < 4.78 is 26.0. The quantitative estimate of drug-likeness (QED) is 0.619. The van der Waals surface area contributed by atoms with Crippen molar-refractivity contribution < 1.29 is 8.42 Å². The Hall–Kier alpha value is -0.130. The van der Waals surface area contributed by atoms with Crippen LogP contribution in [0.4, 0.5) is 0 Å². The predicted molar refractivity (Wildman–Crippen MR) is 71.5 cm³/mol. The van der Waals surface area contributed by atoms with Crippen LogP contribution in [0.25, 0.3) is 0 Å². The van der Waals surface area contributed by atoms with Gasteiger partial charge in [0.15, 0.2) is 0 Å². The van der Waals surface area contributed by atoms with E-state index >= 15 is 0 Å². The average Bonchev–Trinajstić information content (AvgIpc) is 2.77. The van der Waals surface area contributed by atoms with Crippen molar-refractivity contribution in [3.63, 3.8) is 0 Å². The zero-order valence-electron chi connectivity index (χ0n) is 10.9. The second-order valence-corrected chi connectivity index (χ2v) is 6.79. The number of hydrogen-bond donors (Lipinski definition) is 2. The molecule has 0 amide bonds. The Morgan fingerprint density at radius 2 is 1.88 bits per heavy atom. The van der Waals surface area contributed by atoms with Crippen molar-refractivity contribution in [2.45, 2.75) is 45.4 Å². The lowest BCUT2D eigenvalue weighted by Crippen LogP contribution is -2.29. The minimum atomic E-state index is -3.04. The maximum absolute atomic E-state index is 11.6. The second-order valence-electron chi connectivity index (χ2n) is 4.86. The van der Waals surface area contributed by atoms with Crippen LogP contribution >= 0.6 is 0 Å². The van der Waals surface area contributed by atoms with E-state index in [0.29, 0.717) is 13.0 Å². The Labute approximate surface area is 106 Å². The first-order valence-corrected chi connectivity index (χ1v) is 8.47. The first-order valence-electron chi connectivity index (χ1n) is 6.82. The minimum Gasteiger partial charge on any atom is -0.317 e. The molecule has 0 bridgehead atoms. The van der Waals surface area contributed by atoms with E-state index in [4.69, 9.17) is 0 Å². The standard InChI is InChI=1S/C12H26N2O2S/c1-2-13-9-5-11-17(15,16)14-10-8-12-6-3-4-7-12/h12-14H,2-11H2,1H3. The Morgan fingerprint density at radius 3 is 2.53 bits per heavy atom. The third-order valence-corrected chi connectivity index (χ3v) is 4.84. The molecule has 5 heteroatoms. The summed E-state index contributed by atoms with van der Waals surface area (Å²) in [6.07, 6.45) is 6.89. The second kappa shape index (κ2) is 8.06. The maximum Gasteiger partial charge on any atom is 0.211 e. The maximum atomic E-state index is 11.6. The van der Waals surface area contributed by atoms with Gasteiger partial charge >= 0.3 is 0 Å².